The van der Waals surface area contributed by atoms with E-state index in [0.717, 1.165) is 53.7 Å². The minimum Gasteiger partial charge on any atom is -0.497 e. The van der Waals surface area contributed by atoms with Gasteiger partial charge in [0.05, 0.1) is 13.7 Å². The van der Waals surface area contributed by atoms with Crippen molar-refractivity contribution in [1.29, 1.82) is 0 Å². The highest BCUT2D eigenvalue weighted by molar-refractivity contribution is 5.79. The number of fused-ring (bicyclic) bond motifs is 1. The quantitative estimate of drug-likeness (QED) is 0.490. The molecule has 2 aromatic heterocycles. The zero-order valence-electron chi connectivity index (χ0n) is 19.0. The molecule has 2 aromatic carbocycles. The Bertz CT molecular complexity index is 1300. The number of H-pyrrole nitrogens is 1. The number of nitrogens with one attached hydrogen (secondary N) is 1. The first-order valence-electron chi connectivity index (χ1n) is 11.4. The van der Waals surface area contributed by atoms with Crippen LogP contribution < -0.4 is 10.3 Å². The van der Waals surface area contributed by atoms with Crippen molar-refractivity contribution in [2.75, 3.05) is 20.2 Å². The summed E-state index contributed by atoms with van der Waals surface area (Å²) in [5.74, 6) is 1.49. The molecule has 1 aliphatic heterocycles. The number of pyridine rings is 1. The Kier molecular flexibility index (Phi) is 5.92. The first-order chi connectivity index (χ1) is 16.1. The lowest BCUT2D eigenvalue weighted by molar-refractivity contribution is 0.177. The molecule has 1 atom stereocenters. The Morgan fingerprint density at radius 1 is 1.06 bits per heavy atom. The van der Waals surface area contributed by atoms with E-state index in [9.17, 15) is 4.79 Å². The van der Waals surface area contributed by atoms with Crippen LogP contribution in [0.3, 0.4) is 0 Å². The van der Waals surface area contributed by atoms with E-state index in [1.54, 1.807) is 11.8 Å². The van der Waals surface area contributed by atoms with Crippen LogP contribution in [-0.2, 0) is 6.54 Å². The number of tetrazole rings is 1. The van der Waals surface area contributed by atoms with Gasteiger partial charge in [-0.25, -0.2) is 4.68 Å². The van der Waals surface area contributed by atoms with Crippen LogP contribution in [0.1, 0.15) is 47.8 Å². The van der Waals surface area contributed by atoms with Gasteiger partial charge in [-0.15, -0.1) is 5.10 Å². The average Bonchev–Trinajstić information content (AvgIpc) is 3.28. The monoisotopic (exact) mass is 444 g/mol. The predicted octanol–water partition coefficient (Wildman–Crippen LogP) is 3.46. The van der Waals surface area contributed by atoms with Crippen molar-refractivity contribution in [2.24, 2.45) is 0 Å². The van der Waals surface area contributed by atoms with Gasteiger partial charge in [0.1, 0.15) is 11.8 Å². The lowest BCUT2D eigenvalue weighted by Gasteiger charge is -2.33. The van der Waals surface area contributed by atoms with Crippen LogP contribution >= 0.6 is 0 Å². The number of aromatic amines is 1. The summed E-state index contributed by atoms with van der Waals surface area (Å²) in [6.07, 6.45) is 3.40. The van der Waals surface area contributed by atoms with Gasteiger partial charge in [-0.3, -0.25) is 9.69 Å². The number of aromatic nitrogens is 5. The Hall–Kier alpha value is -3.52. The number of aryl methyl sites for hydroxylation is 1. The summed E-state index contributed by atoms with van der Waals surface area (Å²) in [6, 6.07) is 15.6. The summed E-state index contributed by atoms with van der Waals surface area (Å²) in [6.45, 7) is 4.39. The van der Waals surface area contributed by atoms with E-state index in [4.69, 9.17) is 4.74 Å². The van der Waals surface area contributed by atoms with Crippen molar-refractivity contribution >= 4 is 10.9 Å². The largest absolute Gasteiger partial charge is 0.497 e. The number of ether oxygens (including phenoxy) is 1. The highest BCUT2D eigenvalue weighted by atomic mass is 16.5. The summed E-state index contributed by atoms with van der Waals surface area (Å²) in [4.78, 5) is 18.7. The molecule has 0 bridgehead atoms. The van der Waals surface area contributed by atoms with Crippen LogP contribution in [0, 0.1) is 6.92 Å². The van der Waals surface area contributed by atoms with Crippen LogP contribution in [0.25, 0.3) is 10.9 Å². The molecule has 8 nitrogen and oxygen atoms in total. The number of nitrogens with zero attached hydrogens (tertiary/aromatic N) is 5. The van der Waals surface area contributed by atoms with Gasteiger partial charge in [-0.2, -0.15) is 0 Å². The molecule has 3 heterocycles. The van der Waals surface area contributed by atoms with Gasteiger partial charge >= 0.3 is 0 Å². The standard InChI is InChI=1S/C25H28N6O2/c1-17-6-11-22-19(14-17)15-21(25(32)26-22)23(30-12-4-3-5-13-30)24-27-28-29-31(24)16-18-7-9-20(33-2)10-8-18/h6-11,14-15,23H,3-5,12-13,16H2,1-2H3,(H,26,32)/t23-/m0/s1. The molecular formula is C25H28N6O2. The van der Waals surface area contributed by atoms with Gasteiger partial charge in [0.2, 0.25) is 0 Å². The molecule has 33 heavy (non-hydrogen) atoms. The molecule has 0 amide bonds. The summed E-state index contributed by atoms with van der Waals surface area (Å²) < 4.78 is 7.07. The van der Waals surface area contributed by atoms with E-state index >= 15 is 0 Å². The SMILES string of the molecule is COc1ccc(Cn2nnnc2[C@H](c2cc3cc(C)ccc3[nH]c2=O)N2CCCCC2)cc1. The fourth-order valence-corrected chi connectivity index (χ4v) is 4.65. The maximum Gasteiger partial charge on any atom is 0.253 e. The summed E-state index contributed by atoms with van der Waals surface area (Å²) in [7, 11) is 1.65. The maximum absolute atomic E-state index is 13.3. The van der Waals surface area contributed by atoms with Gasteiger partial charge in [0.25, 0.3) is 5.56 Å². The van der Waals surface area contributed by atoms with E-state index in [0.29, 0.717) is 17.9 Å². The molecule has 0 unspecified atom stereocenters. The second-order valence-corrected chi connectivity index (χ2v) is 8.69. The maximum atomic E-state index is 13.3. The molecule has 170 valence electrons. The predicted molar refractivity (Wildman–Crippen MR) is 126 cm³/mol. The van der Waals surface area contributed by atoms with Crippen LogP contribution in [0.15, 0.2) is 53.3 Å². The first kappa shape index (κ1) is 21.3. The van der Waals surface area contributed by atoms with Gasteiger partial charge in [-0.1, -0.05) is 30.2 Å². The van der Waals surface area contributed by atoms with Gasteiger partial charge in [-0.05, 0) is 84.6 Å². The molecule has 1 fully saturated rings. The smallest absolute Gasteiger partial charge is 0.253 e. The number of likely N-dealkylation sites (tertiary alicyclic amines) is 1. The molecule has 0 spiro atoms. The van der Waals surface area contributed by atoms with Crippen molar-refractivity contribution in [3.05, 3.63) is 81.4 Å². The molecule has 4 aromatic rings. The third-order valence-electron chi connectivity index (χ3n) is 6.37. The topological polar surface area (TPSA) is 88.9 Å². The zero-order valence-corrected chi connectivity index (χ0v) is 19.0. The van der Waals surface area contributed by atoms with Crippen molar-refractivity contribution in [2.45, 2.75) is 38.8 Å². The van der Waals surface area contributed by atoms with Crippen LogP contribution in [0.4, 0.5) is 0 Å². The number of rotatable bonds is 6. The van der Waals surface area contributed by atoms with Crippen LogP contribution in [0.5, 0.6) is 5.75 Å². The highest BCUT2D eigenvalue weighted by Gasteiger charge is 2.31. The Labute approximate surface area is 192 Å². The molecule has 0 aliphatic carbocycles. The van der Waals surface area contributed by atoms with Gasteiger partial charge < -0.3 is 9.72 Å². The Morgan fingerprint density at radius 3 is 2.61 bits per heavy atom. The number of hydrogen-bond acceptors (Lipinski definition) is 6. The van der Waals surface area contributed by atoms with Crippen molar-refractivity contribution < 1.29 is 4.74 Å². The summed E-state index contributed by atoms with van der Waals surface area (Å²) in [5.41, 5.74) is 3.63. The number of methoxy groups -OCH3 is 1. The number of hydrogen-bond donors (Lipinski definition) is 1. The molecule has 0 radical (unpaired) electrons. The molecule has 0 saturated carbocycles. The summed E-state index contributed by atoms with van der Waals surface area (Å²) in [5, 5.41) is 13.7. The molecule has 1 N–H and O–H groups in total. The lowest BCUT2D eigenvalue weighted by Crippen LogP contribution is -2.38. The normalized spacial score (nSPS) is 15.6. The van der Waals surface area contributed by atoms with Gasteiger partial charge in [0, 0.05) is 11.1 Å². The van der Waals surface area contributed by atoms with Crippen molar-refractivity contribution in [3.8, 4) is 5.75 Å². The zero-order chi connectivity index (χ0) is 22.8. The van der Waals surface area contributed by atoms with E-state index in [1.807, 2.05) is 42.5 Å². The second kappa shape index (κ2) is 9.15. The number of piperidine rings is 1. The first-order valence-corrected chi connectivity index (χ1v) is 11.4. The van der Waals surface area contributed by atoms with E-state index in [-0.39, 0.29) is 11.6 Å². The van der Waals surface area contributed by atoms with Gasteiger partial charge in [0.15, 0.2) is 5.82 Å². The molecular weight excluding hydrogens is 416 g/mol. The lowest BCUT2D eigenvalue weighted by atomic mass is 10.00. The average molecular weight is 445 g/mol. The molecule has 8 heteroatoms. The van der Waals surface area contributed by atoms with Crippen molar-refractivity contribution in [3.63, 3.8) is 0 Å². The Balaban J connectivity index is 1.58. The molecule has 1 saturated heterocycles. The van der Waals surface area contributed by atoms with E-state index < -0.39 is 0 Å². The molecule has 5 rings (SSSR count). The van der Waals surface area contributed by atoms with E-state index in [1.165, 1.54) is 6.42 Å². The Morgan fingerprint density at radius 2 is 1.85 bits per heavy atom. The minimum atomic E-state index is -0.313. The van der Waals surface area contributed by atoms with Crippen molar-refractivity contribution in [1.82, 2.24) is 30.1 Å². The fraction of sp³-hybridized carbons (Fsp3) is 0.360. The summed E-state index contributed by atoms with van der Waals surface area (Å²) >= 11 is 0. The molecule has 1 aliphatic rings. The van der Waals surface area contributed by atoms with E-state index in [2.05, 4.69) is 38.4 Å². The third-order valence-corrected chi connectivity index (χ3v) is 6.37. The van der Waals surface area contributed by atoms with Crippen LogP contribution in [0.2, 0.25) is 0 Å². The third kappa shape index (κ3) is 4.39. The minimum absolute atomic E-state index is 0.0964. The second-order valence-electron chi connectivity index (χ2n) is 8.69. The highest BCUT2D eigenvalue weighted by Crippen LogP contribution is 2.29. The van der Waals surface area contributed by atoms with Crippen LogP contribution in [-0.4, -0.2) is 50.3 Å². The fourth-order valence-electron chi connectivity index (χ4n) is 4.65. The number of benzene rings is 2.